The summed E-state index contributed by atoms with van der Waals surface area (Å²) in [6.07, 6.45) is 3.52. The van der Waals surface area contributed by atoms with Crippen LogP contribution in [0.5, 0.6) is 0 Å². The maximum Gasteiger partial charge on any atom is 0.251 e. The third-order valence-corrected chi connectivity index (χ3v) is 8.86. The van der Waals surface area contributed by atoms with Crippen LogP contribution in [0.2, 0.25) is 0 Å². The summed E-state index contributed by atoms with van der Waals surface area (Å²) in [5.74, 6) is -0.330. The van der Waals surface area contributed by atoms with Gasteiger partial charge in [-0.2, -0.15) is 0 Å². The fourth-order valence-electron chi connectivity index (χ4n) is 6.15. The van der Waals surface area contributed by atoms with Crippen molar-refractivity contribution in [1.29, 1.82) is 0 Å². The van der Waals surface area contributed by atoms with E-state index in [1.165, 1.54) is 6.42 Å². The molecule has 3 saturated heterocycles. The minimum atomic E-state index is -0.735. The number of carbonyl (C=O) groups excluding carboxylic acids is 3. The number of Topliss-reactive ketones (excluding diaryl/α,β-unsaturated/α-hetero) is 1. The number of benzene rings is 1. The molecule has 0 spiro atoms. The molecule has 4 atom stereocenters. The number of rotatable bonds is 10. The summed E-state index contributed by atoms with van der Waals surface area (Å²) >= 11 is 0. The van der Waals surface area contributed by atoms with Crippen LogP contribution in [0, 0.1) is 11.3 Å². The number of ketones is 1. The van der Waals surface area contributed by atoms with E-state index in [4.69, 9.17) is 4.74 Å². The van der Waals surface area contributed by atoms with Crippen LogP contribution in [-0.2, 0) is 14.3 Å². The van der Waals surface area contributed by atoms with Crippen LogP contribution < -0.4 is 10.2 Å². The molecule has 1 N–H and O–H groups in total. The highest BCUT2D eigenvalue weighted by atomic mass is 16.5. The van der Waals surface area contributed by atoms with Gasteiger partial charge in [0.2, 0.25) is 5.91 Å². The number of anilines is 1. The lowest BCUT2D eigenvalue weighted by Gasteiger charge is -2.37. The van der Waals surface area contributed by atoms with Crippen molar-refractivity contribution in [3.8, 4) is 0 Å². The van der Waals surface area contributed by atoms with E-state index < -0.39 is 17.5 Å². The molecule has 210 valence electrons. The number of ether oxygens (including phenoxy) is 1. The molecule has 3 fully saturated rings. The number of piperazine rings is 1. The molecule has 0 aliphatic carbocycles. The second-order valence-corrected chi connectivity index (χ2v) is 11.9. The maximum absolute atomic E-state index is 14.0. The fraction of sp³-hybridized carbons (Fsp3) is 0.700. The monoisotopic (exact) mass is 526 g/mol. The van der Waals surface area contributed by atoms with Crippen molar-refractivity contribution < 1.29 is 19.1 Å². The van der Waals surface area contributed by atoms with Gasteiger partial charge in [0, 0.05) is 49.9 Å². The Morgan fingerprint density at radius 3 is 2.34 bits per heavy atom. The van der Waals surface area contributed by atoms with Gasteiger partial charge in [-0.1, -0.05) is 41.0 Å². The van der Waals surface area contributed by atoms with Crippen molar-refractivity contribution in [1.82, 2.24) is 15.1 Å². The van der Waals surface area contributed by atoms with E-state index in [2.05, 4.69) is 29.0 Å². The van der Waals surface area contributed by atoms with Gasteiger partial charge < -0.3 is 19.9 Å². The first kappa shape index (κ1) is 28.6. The molecule has 4 rings (SSSR count). The average molecular weight is 527 g/mol. The number of hydrogen-bond donors (Lipinski definition) is 1. The van der Waals surface area contributed by atoms with E-state index in [9.17, 15) is 14.4 Å². The zero-order valence-corrected chi connectivity index (χ0v) is 23.9. The van der Waals surface area contributed by atoms with Crippen molar-refractivity contribution in [2.45, 2.75) is 78.5 Å². The Balaban J connectivity index is 1.46. The van der Waals surface area contributed by atoms with Gasteiger partial charge in [0.15, 0.2) is 5.78 Å². The Labute approximate surface area is 228 Å². The topological polar surface area (TPSA) is 82.2 Å². The van der Waals surface area contributed by atoms with E-state index in [1.54, 1.807) is 4.90 Å². The number of nitrogens with one attached hydrogen (secondary N) is 1. The Morgan fingerprint density at radius 1 is 1.05 bits per heavy atom. The minimum absolute atomic E-state index is 0.0348. The highest BCUT2D eigenvalue weighted by Gasteiger charge is 2.53. The molecule has 38 heavy (non-hydrogen) atoms. The van der Waals surface area contributed by atoms with Gasteiger partial charge in [0.05, 0.1) is 6.10 Å². The van der Waals surface area contributed by atoms with E-state index in [-0.39, 0.29) is 36.2 Å². The van der Waals surface area contributed by atoms with Gasteiger partial charge in [0.1, 0.15) is 18.7 Å². The van der Waals surface area contributed by atoms with Crippen molar-refractivity contribution in [3.63, 3.8) is 0 Å². The smallest absolute Gasteiger partial charge is 0.251 e. The predicted octanol–water partition coefficient (Wildman–Crippen LogP) is 3.35. The molecule has 2 amide bonds. The predicted molar refractivity (Wildman–Crippen MR) is 149 cm³/mol. The van der Waals surface area contributed by atoms with Crippen LogP contribution in [0.1, 0.15) is 70.7 Å². The van der Waals surface area contributed by atoms with Gasteiger partial charge in [-0.05, 0) is 55.5 Å². The van der Waals surface area contributed by atoms with Gasteiger partial charge in [-0.15, -0.1) is 0 Å². The highest BCUT2D eigenvalue weighted by Crippen LogP contribution is 2.36. The van der Waals surface area contributed by atoms with E-state index in [0.29, 0.717) is 18.5 Å². The number of likely N-dealkylation sites (tertiary alicyclic amines) is 1. The van der Waals surface area contributed by atoms with Crippen LogP contribution in [0.4, 0.5) is 5.69 Å². The van der Waals surface area contributed by atoms with E-state index in [1.807, 2.05) is 45.0 Å². The normalized spacial score (nSPS) is 25.0. The molecule has 1 aromatic carbocycles. The lowest BCUT2D eigenvalue weighted by atomic mass is 9.80. The van der Waals surface area contributed by atoms with Gasteiger partial charge in [-0.3, -0.25) is 19.3 Å². The summed E-state index contributed by atoms with van der Waals surface area (Å²) in [4.78, 5) is 46.6. The number of carbonyl (C=O) groups is 3. The lowest BCUT2D eigenvalue weighted by Crippen LogP contribution is -2.57. The minimum Gasteiger partial charge on any atom is -0.369 e. The maximum atomic E-state index is 14.0. The Morgan fingerprint density at radius 2 is 1.74 bits per heavy atom. The van der Waals surface area contributed by atoms with Crippen LogP contribution >= 0.6 is 0 Å². The van der Waals surface area contributed by atoms with E-state index >= 15 is 0 Å². The van der Waals surface area contributed by atoms with Crippen LogP contribution in [0.25, 0.3) is 0 Å². The fourth-order valence-corrected chi connectivity index (χ4v) is 6.15. The average Bonchev–Trinajstić information content (AvgIpc) is 3.48. The quantitative estimate of drug-likeness (QED) is 0.504. The van der Waals surface area contributed by atoms with Crippen LogP contribution in [0.3, 0.4) is 0 Å². The third kappa shape index (κ3) is 5.91. The first-order valence-corrected chi connectivity index (χ1v) is 14.5. The molecule has 0 saturated carbocycles. The third-order valence-electron chi connectivity index (χ3n) is 8.86. The summed E-state index contributed by atoms with van der Waals surface area (Å²) in [7, 11) is 0. The summed E-state index contributed by atoms with van der Waals surface area (Å²) in [5, 5.41) is 3.06. The van der Waals surface area contributed by atoms with Crippen molar-refractivity contribution >= 4 is 23.3 Å². The standard InChI is InChI=1S/C30H46N4O4/c1-6-9-22-19-34(25-24(35)20-38-26(22)25)29(37)27(30(4,5)8-3)31-28(36)21-10-12-23(13-11-21)33-17-15-32(14-7-2)16-18-33/h10-13,22,25-27H,6-9,14-20H2,1-5H3,(H,31,36)/t22-,25-,26-,27-/m1/s1. The first-order valence-electron chi connectivity index (χ1n) is 14.5. The highest BCUT2D eigenvalue weighted by molar-refractivity contribution is 5.99. The van der Waals surface area contributed by atoms with Gasteiger partial charge in [-0.25, -0.2) is 0 Å². The number of nitrogens with zero attached hydrogens (tertiary/aromatic N) is 3. The second kappa shape index (κ2) is 12.2. The van der Waals surface area contributed by atoms with Gasteiger partial charge in [0.25, 0.3) is 5.91 Å². The molecule has 1 aromatic rings. The van der Waals surface area contributed by atoms with Crippen LogP contribution in [0.15, 0.2) is 24.3 Å². The van der Waals surface area contributed by atoms with Crippen LogP contribution in [-0.4, -0.2) is 91.5 Å². The van der Waals surface area contributed by atoms with Crippen molar-refractivity contribution in [3.05, 3.63) is 29.8 Å². The molecule has 8 nitrogen and oxygen atoms in total. The number of fused-ring (bicyclic) bond motifs is 1. The summed E-state index contributed by atoms with van der Waals surface area (Å²) < 4.78 is 5.82. The van der Waals surface area contributed by atoms with E-state index in [0.717, 1.165) is 51.3 Å². The zero-order valence-electron chi connectivity index (χ0n) is 23.9. The lowest BCUT2D eigenvalue weighted by molar-refractivity contribution is -0.140. The molecular formula is C30H46N4O4. The molecule has 8 heteroatoms. The van der Waals surface area contributed by atoms with Crippen molar-refractivity contribution in [2.24, 2.45) is 11.3 Å². The number of amides is 2. The Kier molecular flexibility index (Phi) is 9.14. The number of hydrogen-bond acceptors (Lipinski definition) is 6. The van der Waals surface area contributed by atoms with Gasteiger partial charge >= 0.3 is 0 Å². The molecule has 0 aromatic heterocycles. The van der Waals surface area contributed by atoms with Crippen molar-refractivity contribution in [2.75, 3.05) is 50.8 Å². The molecule has 3 heterocycles. The molecular weight excluding hydrogens is 480 g/mol. The summed E-state index contributed by atoms with van der Waals surface area (Å²) in [6, 6.07) is 6.42. The molecule has 0 unspecified atom stereocenters. The molecule has 0 bridgehead atoms. The second-order valence-electron chi connectivity index (χ2n) is 11.9. The molecule has 0 radical (unpaired) electrons. The summed E-state index contributed by atoms with van der Waals surface area (Å²) in [6.45, 7) is 16.1. The summed E-state index contributed by atoms with van der Waals surface area (Å²) in [5.41, 5.74) is 1.17. The molecule has 3 aliphatic heterocycles. The zero-order chi connectivity index (χ0) is 27.4. The largest absolute Gasteiger partial charge is 0.369 e. The Bertz CT molecular complexity index is 986. The Hall–Kier alpha value is -2.45. The SMILES string of the molecule is CCC[C@@H]1CN(C(=O)[C@@H](NC(=O)c2ccc(N3CCN(CCC)CC3)cc2)C(C)(C)CC)[C@@H]2C(=O)CO[C@H]12. The first-order chi connectivity index (χ1) is 18.2. The molecule has 3 aliphatic rings.